The van der Waals surface area contributed by atoms with Crippen molar-refractivity contribution in [1.29, 1.82) is 0 Å². The van der Waals surface area contributed by atoms with Gasteiger partial charge in [-0.2, -0.15) is 0 Å². The van der Waals surface area contributed by atoms with Crippen LogP contribution in [0.4, 0.5) is 0 Å². The molecule has 15 heteroatoms. The number of hydrogen-bond acceptors (Lipinski definition) is 14. The Morgan fingerprint density at radius 2 is 1.59 bits per heavy atom. The molecule has 0 aromatic heterocycles. The first-order valence-corrected chi connectivity index (χ1v) is 25.4. The van der Waals surface area contributed by atoms with Crippen molar-refractivity contribution in [3.8, 4) is 0 Å². The first-order chi connectivity index (χ1) is 32.7. The van der Waals surface area contributed by atoms with Crippen LogP contribution in [0.3, 0.4) is 0 Å². The summed E-state index contributed by atoms with van der Waals surface area (Å²) in [5, 5.41) is 23.5. The van der Waals surface area contributed by atoms with Gasteiger partial charge in [-0.25, -0.2) is 4.79 Å². The van der Waals surface area contributed by atoms with Crippen LogP contribution in [0.2, 0.25) is 0 Å². The average molecular weight is 970 g/mol. The summed E-state index contributed by atoms with van der Waals surface area (Å²) in [5.41, 5.74) is 1.25. The molecule has 15 nitrogen and oxygen atoms in total. The van der Waals surface area contributed by atoms with Crippen molar-refractivity contribution in [2.75, 3.05) is 27.9 Å². The van der Waals surface area contributed by atoms with E-state index in [1.807, 2.05) is 58.1 Å². The van der Waals surface area contributed by atoms with Gasteiger partial charge >= 0.3 is 11.9 Å². The number of aliphatic hydroxyl groups excluding tert-OH is 1. The van der Waals surface area contributed by atoms with Crippen molar-refractivity contribution in [2.24, 2.45) is 35.5 Å². The van der Waals surface area contributed by atoms with Crippen LogP contribution in [0.15, 0.2) is 47.6 Å². The lowest BCUT2D eigenvalue weighted by molar-refractivity contribution is -0.265. The lowest BCUT2D eigenvalue weighted by atomic mass is 9.78. The normalized spacial score (nSPS) is 38.7. The number of allylic oxidation sites excluding steroid dienone is 6. The maximum absolute atomic E-state index is 14.5. The van der Waals surface area contributed by atoms with Gasteiger partial charge < -0.3 is 43.5 Å². The minimum atomic E-state index is -2.44. The highest BCUT2D eigenvalue weighted by molar-refractivity contribution is 6.39. The van der Waals surface area contributed by atoms with Gasteiger partial charge in [0.15, 0.2) is 5.78 Å². The monoisotopic (exact) mass is 970 g/mol. The third-order valence-electron chi connectivity index (χ3n) is 15.0. The van der Waals surface area contributed by atoms with E-state index in [1.165, 1.54) is 12.0 Å². The number of hydrogen-bond donors (Lipinski definition) is 2. The van der Waals surface area contributed by atoms with E-state index < -0.39 is 77.8 Å². The summed E-state index contributed by atoms with van der Waals surface area (Å²) in [6.07, 6.45) is 11.4. The zero-order valence-corrected chi connectivity index (χ0v) is 43.2. The fraction of sp³-hybridized carbons (Fsp3) is 0.741. The second-order valence-electron chi connectivity index (χ2n) is 20.4. The molecule has 1 saturated carbocycles. The number of fused-ring (bicyclic) bond motifs is 3. The van der Waals surface area contributed by atoms with E-state index in [1.54, 1.807) is 48.0 Å². The molecular weight excluding hydrogens is 887 g/mol. The molecule has 4 rings (SSSR count). The lowest BCUT2D eigenvalue weighted by Gasteiger charge is -2.42. The first kappa shape index (κ1) is 57.7. The Hall–Kier alpha value is -3.86. The smallest absolute Gasteiger partial charge is 0.329 e. The molecule has 69 heavy (non-hydrogen) atoms. The summed E-state index contributed by atoms with van der Waals surface area (Å²) < 4.78 is 35.3. The standard InChI is InChI=1S/C54H83NO14/c1-12-47(57)67-43-24-22-39(29-46(43)65-10)28-35(5)45-31-42(56)34(4)27-37(7)49(59)50(66-11)48(58)36(6)26-32(2)18-14-13-15-19-33(3)44(64-9)30-40-23-21-38(8)54(63,69-40)51(60)52(61)55-25-17-16-20-41(55)53(62)68-45/h13-15,18-19,27,32,34-36,38-41,43-46,49-50,59,63H,12,16-17,20-26,28-31H2,1-11H3/b15-13+,18-14+,33-19+,37-27+/t32-,34-,35-,36-,38-,39+,40+,41+,43-,44?,45+,46-,49-,50?,54-/m1/s1. The van der Waals surface area contributed by atoms with E-state index in [2.05, 4.69) is 0 Å². The van der Waals surface area contributed by atoms with Gasteiger partial charge in [-0.3, -0.25) is 24.0 Å². The molecule has 0 radical (unpaired) electrons. The summed E-state index contributed by atoms with van der Waals surface area (Å²) in [5.74, 6) is -8.45. The molecule has 15 atom stereocenters. The molecule has 388 valence electrons. The SMILES string of the molecule is CCC(=O)O[C@@H]1CC[C@@H](C[C@@H](C)[C@@H]2CC(=O)[C@H](C)/C=C(\C)[C@@H](O)C(OC)C(=O)[C@H](C)C[C@H](C)/C=C/C=C/C=C(\C)C(OC)C[C@@H]3CC[C@@H](C)[C@@](O)(O3)C(=O)C(=O)N3CCCC[C@H]3C(=O)O2)C[C@H]1OC. The zero-order chi connectivity index (χ0) is 51.2. The van der Waals surface area contributed by atoms with Crippen molar-refractivity contribution < 1.29 is 67.4 Å². The van der Waals surface area contributed by atoms with Gasteiger partial charge in [-0.05, 0) is 107 Å². The van der Waals surface area contributed by atoms with Crippen LogP contribution in [-0.2, 0) is 57.2 Å². The lowest BCUT2D eigenvalue weighted by Crippen LogP contribution is -2.61. The number of methoxy groups -OCH3 is 3. The van der Waals surface area contributed by atoms with Gasteiger partial charge in [0.1, 0.15) is 36.2 Å². The molecule has 2 saturated heterocycles. The molecule has 2 unspecified atom stereocenters. The van der Waals surface area contributed by atoms with Gasteiger partial charge in [0.25, 0.3) is 11.7 Å². The highest BCUT2D eigenvalue weighted by Gasteiger charge is 2.53. The molecule has 0 aromatic carbocycles. The van der Waals surface area contributed by atoms with Crippen molar-refractivity contribution >= 4 is 35.2 Å². The van der Waals surface area contributed by atoms with Crippen LogP contribution in [-0.4, -0.2) is 133 Å². The second-order valence-corrected chi connectivity index (χ2v) is 20.4. The highest BCUT2D eigenvalue weighted by Crippen LogP contribution is 2.38. The van der Waals surface area contributed by atoms with Crippen molar-refractivity contribution in [3.63, 3.8) is 0 Å². The number of amides is 1. The molecule has 4 aliphatic rings. The van der Waals surface area contributed by atoms with E-state index in [0.717, 1.165) is 5.57 Å². The molecular formula is C54H83NO14. The van der Waals surface area contributed by atoms with E-state index >= 15 is 0 Å². The first-order valence-electron chi connectivity index (χ1n) is 25.4. The number of ketones is 3. The van der Waals surface area contributed by atoms with Crippen LogP contribution in [0, 0.1) is 35.5 Å². The number of rotatable bonds is 8. The largest absolute Gasteiger partial charge is 0.460 e. The predicted octanol–water partition coefficient (Wildman–Crippen LogP) is 7.14. The van der Waals surface area contributed by atoms with Crippen molar-refractivity contribution in [2.45, 2.75) is 193 Å². The average Bonchev–Trinajstić information content (AvgIpc) is 3.33. The molecule has 0 spiro atoms. The molecule has 1 aliphatic carbocycles. The number of ether oxygens (including phenoxy) is 6. The Balaban J connectivity index is 1.70. The third kappa shape index (κ3) is 15.6. The van der Waals surface area contributed by atoms with Crippen LogP contribution in [0.25, 0.3) is 0 Å². The minimum Gasteiger partial charge on any atom is -0.460 e. The quantitative estimate of drug-likeness (QED) is 0.141. The molecule has 3 aliphatic heterocycles. The number of esters is 2. The van der Waals surface area contributed by atoms with E-state index in [-0.39, 0.29) is 73.3 Å². The Labute approximate surface area is 410 Å². The summed E-state index contributed by atoms with van der Waals surface area (Å²) in [6.45, 7) is 14.4. The number of carbonyl (C=O) groups is 6. The summed E-state index contributed by atoms with van der Waals surface area (Å²) in [4.78, 5) is 84.4. The van der Waals surface area contributed by atoms with Gasteiger partial charge in [0, 0.05) is 64.9 Å². The van der Waals surface area contributed by atoms with Gasteiger partial charge in [0.2, 0.25) is 5.79 Å². The number of piperidine rings is 1. The molecule has 3 heterocycles. The summed E-state index contributed by atoms with van der Waals surface area (Å²) >= 11 is 0. The number of Topliss-reactive ketones (excluding diaryl/α,β-unsaturated/α-hetero) is 3. The topological polar surface area (TPSA) is 201 Å². The van der Waals surface area contributed by atoms with E-state index in [0.29, 0.717) is 69.8 Å². The summed E-state index contributed by atoms with van der Waals surface area (Å²) in [6, 6.07) is -1.16. The molecule has 3 fully saturated rings. The molecule has 2 bridgehead atoms. The predicted molar refractivity (Wildman–Crippen MR) is 259 cm³/mol. The van der Waals surface area contributed by atoms with Gasteiger partial charge in [-0.1, -0.05) is 78.0 Å². The molecule has 1 amide bonds. The van der Waals surface area contributed by atoms with E-state index in [9.17, 15) is 39.0 Å². The Kier molecular flexibility index (Phi) is 22.7. The molecule has 2 N–H and O–H groups in total. The van der Waals surface area contributed by atoms with Crippen molar-refractivity contribution in [1.82, 2.24) is 4.90 Å². The number of cyclic esters (lactones) is 1. The Morgan fingerprint density at radius 1 is 0.870 bits per heavy atom. The van der Waals surface area contributed by atoms with Crippen molar-refractivity contribution in [3.05, 3.63) is 47.6 Å². The van der Waals surface area contributed by atoms with Crippen LogP contribution >= 0.6 is 0 Å². The minimum absolute atomic E-state index is 0.0108. The van der Waals surface area contributed by atoms with Crippen LogP contribution in [0.1, 0.15) is 139 Å². The maximum Gasteiger partial charge on any atom is 0.329 e. The number of carbonyl (C=O) groups excluding carboxylic acids is 6. The fourth-order valence-corrected chi connectivity index (χ4v) is 10.5. The fourth-order valence-electron chi connectivity index (χ4n) is 10.5. The number of aliphatic hydroxyl groups is 2. The number of nitrogens with zero attached hydrogens (tertiary/aromatic N) is 1. The Bertz CT molecular complexity index is 1890. The zero-order valence-electron chi connectivity index (χ0n) is 43.2. The maximum atomic E-state index is 14.5. The summed E-state index contributed by atoms with van der Waals surface area (Å²) in [7, 11) is 4.53. The Morgan fingerprint density at radius 3 is 2.26 bits per heavy atom. The van der Waals surface area contributed by atoms with E-state index in [4.69, 9.17) is 28.4 Å². The second kappa shape index (κ2) is 27.1. The van der Waals surface area contributed by atoms with Crippen LogP contribution in [0.5, 0.6) is 0 Å². The van der Waals surface area contributed by atoms with Crippen LogP contribution < -0.4 is 0 Å². The van der Waals surface area contributed by atoms with Gasteiger partial charge in [0.05, 0.1) is 18.3 Å². The van der Waals surface area contributed by atoms with Gasteiger partial charge in [-0.15, -0.1) is 0 Å². The molecule has 0 aromatic rings. The third-order valence-corrected chi connectivity index (χ3v) is 15.0. The highest BCUT2D eigenvalue weighted by atomic mass is 16.6.